The van der Waals surface area contributed by atoms with E-state index in [9.17, 15) is 9.59 Å². The Morgan fingerprint density at radius 3 is 1.68 bits per heavy atom. The first-order chi connectivity index (χ1) is 59.9. The summed E-state index contributed by atoms with van der Waals surface area (Å²) >= 11 is 0. The van der Waals surface area contributed by atoms with Crippen LogP contribution >= 0.6 is 0 Å². The molecule has 2 radical (unpaired) electrons. The Kier molecular flexibility index (Phi) is 26.6. The minimum atomic E-state index is -0.125. The summed E-state index contributed by atoms with van der Waals surface area (Å²) in [6.45, 7) is 9.42. The van der Waals surface area contributed by atoms with Crippen LogP contribution in [0.3, 0.4) is 0 Å². The van der Waals surface area contributed by atoms with E-state index in [1.807, 2.05) is 140 Å². The van der Waals surface area contributed by atoms with Gasteiger partial charge in [-0.2, -0.15) is 17.9 Å². The van der Waals surface area contributed by atoms with E-state index in [1.165, 1.54) is 156 Å². The van der Waals surface area contributed by atoms with Crippen LogP contribution in [0.4, 0.5) is 0 Å². The van der Waals surface area contributed by atoms with Crippen LogP contribution in [0.15, 0.2) is 400 Å². The molecular weight excluding hydrogens is 1890 g/mol. The summed E-state index contributed by atoms with van der Waals surface area (Å²) in [4.78, 5) is 29.0. The number of rotatable bonds is 6. The van der Waals surface area contributed by atoms with Crippen LogP contribution in [0.5, 0.6) is 0 Å². The van der Waals surface area contributed by atoms with Crippen LogP contribution in [0.2, 0.25) is 0 Å². The van der Waals surface area contributed by atoms with E-state index in [4.69, 9.17) is 15.2 Å². The van der Waals surface area contributed by atoms with Crippen molar-refractivity contribution in [3.8, 4) is 45.4 Å². The van der Waals surface area contributed by atoms with Crippen molar-refractivity contribution < 1.29 is 79.2 Å². The summed E-state index contributed by atoms with van der Waals surface area (Å²) in [6.07, 6.45) is 14.3. The Labute approximate surface area is 747 Å². The zero-order valence-electron chi connectivity index (χ0n) is 68.7. The predicted octanol–water partition coefficient (Wildman–Crippen LogP) is 19.9. The third-order valence-corrected chi connectivity index (χ3v) is 21.5. The number of fused-ring (bicyclic) bond motifs is 16. The van der Waals surface area contributed by atoms with E-state index in [1.54, 1.807) is 6.20 Å². The number of benzene rings is 12. The number of aliphatic hydroxyl groups excluding tert-OH is 2. The van der Waals surface area contributed by atoms with Crippen molar-refractivity contribution in [1.82, 2.24) is 33.2 Å². The smallest absolute Gasteiger partial charge is 0.296 e. The molecule has 0 spiro atoms. The number of hydrogen-bond donors (Lipinski definition) is 3. The Bertz CT molecular complexity index is 7320. The van der Waals surface area contributed by atoms with Crippen molar-refractivity contribution in [2.75, 3.05) is 0 Å². The zero-order valence-corrected chi connectivity index (χ0v) is 73.4. The summed E-state index contributed by atoms with van der Waals surface area (Å²) in [7, 11) is 2.09. The molecule has 0 bridgehead atoms. The number of carbonyl (C=O) groups excluding carboxylic acids is 2. The van der Waals surface area contributed by atoms with Crippen LogP contribution in [-0.2, 0) is 77.1 Å². The maximum Gasteiger partial charge on any atom is 0.296 e. The average Bonchev–Trinajstić information content (AvgIpc) is 1.53. The zero-order chi connectivity index (χ0) is 83.4. The van der Waals surface area contributed by atoms with Gasteiger partial charge in [-0.1, -0.05) is 182 Å². The molecule has 0 unspecified atom stereocenters. The standard InChI is InChI=1S/C20H13N2.C20H15N2.C19H13N2.C16H11N2.C11H8N.C10H11BN2.2C5H8O2.Ir.Pt/c1-2-9-16-14(7-1)15-8-5-6-13-12-21-17-10-3-4-11-18(17)22(16)20(21)19(13)15;1-2-9-16(10-3-1)22-19-13-7-6-12-18(19)21-14-15-8-4-5-11-17(15)20(21)22;1-3-9-15(10-4-1)19-20-17-13-7-8-14-18(17)21(19)16-11-5-2-6-12-16;1-2-7-14-13(6-1)17-9-8-11-4-3-5-12-10-18(14)16(17)15(11)12;1-2-6-10(7-3-1)11-8-4-5-9-12-11;1-4-8-13-9-12-7-3-2-6-11-10(13)5-1;2*1-4(6)3-5(2)7;;/h1-11H,12H2;1-13H,14H2;1-9,11-14H;1-9H,10H2;1-6,8-9H;1-8,12H,9H2;2*3,6H,1-2H3;;/q2*+1;-1;+1;-1;+1;;;;/b;;;;;6-2-,7-3-;4-3-;;;. The van der Waals surface area contributed by atoms with E-state index in [-0.39, 0.29) is 64.3 Å². The van der Waals surface area contributed by atoms with Crippen molar-refractivity contribution in [1.29, 1.82) is 0 Å². The number of aromatic nitrogens is 10. The van der Waals surface area contributed by atoms with Crippen molar-refractivity contribution in [3.63, 3.8) is 0 Å². The second-order valence-corrected chi connectivity index (χ2v) is 29.8. The summed E-state index contributed by atoms with van der Waals surface area (Å²) in [5, 5.41) is 26.8. The largest absolute Gasteiger partial charge is 0.512 e. The number of imidazole rings is 4. The number of nitrogens with zero attached hydrogens (tertiary/aromatic N) is 10. The van der Waals surface area contributed by atoms with Gasteiger partial charge in [0, 0.05) is 105 Å². The summed E-state index contributed by atoms with van der Waals surface area (Å²) in [6, 6.07) is 122. The molecule has 4 aliphatic heterocycles. The van der Waals surface area contributed by atoms with E-state index < -0.39 is 0 Å². The van der Waals surface area contributed by atoms with Crippen LogP contribution in [-0.4, -0.2) is 57.0 Å². The third kappa shape index (κ3) is 17.9. The maximum absolute atomic E-state index is 10.0. The van der Waals surface area contributed by atoms with Gasteiger partial charge in [0.25, 0.3) is 24.4 Å². The average molecular weight is 1980 g/mol. The van der Waals surface area contributed by atoms with Gasteiger partial charge in [-0.25, -0.2) is 13.7 Å². The number of para-hydroxylation sites is 11. The second-order valence-electron chi connectivity index (χ2n) is 29.8. The summed E-state index contributed by atoms with van der Waals surface area (Å²) < 4.78 is 18.8. The molecule has 18 heteroatoms. The minimum absolute atomic E-state index is 0. The first kappa shape index (κ1) is 84.7. The van der Waals surface area contributed by atoms with Gasteiger partial charge in [0.1, 0.15) is 36.4 Å². The van der Waals surface area contributed by atoms with Crippen LogP contribution in [0.25, 0.3) is 133 Å². The van der Waals surface area contributed by atoms with Gasteiger partial charge >= 0.3 is 0 Å². The molecule has 12 heterocycles. The Balaban J connectivity index is 0.000000113. The SMILES string of the molecule is CC(=O)/C=C(/C)O.CC(=O)C=C(C)O.[B]1/C=C\C=C/NC[n+]2ccccc21.[Ir].[Pt].[c-]1ccccc1-c1ccccn1.[c-]1ccccc1-c1nc2ccccc2n1-c1ccccc1.c1cc2c3c(c1)c1ccccc1n1c4ccccc4[n+](c31)C2.c1cc2c3c(c1)ccn1c4ccccc4[n+](c31)C2.c1ccc(-n2c3[n+](c4ccccc42)Cc2ccccc2-3)cc1. The van der Waals surface area contributed by atoms with E-state index in [0.29, 0.717) is 0 Å². The van der Waals surface area contributed by atoms with Crippen molar-refractivity contribution >= 4 is 112 Å². The molecule has 12 aromatic carbocycles. The van der Waals surface area contributed by atoms with E-state index in [0.717, 1.165) is 65.7 Å². The van der Waals surface area contributed by atoms with Crippen LogP contribution in [0.1, 0.15) is 44.4 Å². The fourth-order valence-corrected chi connectivity index (χ4v) is 16.5. The fourth-order valence-electron chi connectivity index (χ4n) is 16.5. The Hall–Kier alpha value is -14.3. The topological polar surface area (TPSA) is 147 Å². The molecule has 8 aromatic heterocycles. The van der Waals surface area contributed by atoms with Gasteiger partial charge in [-0.05, 0) is 148 Å². The van der Waals surface area contributed by atoms with E-state index >= 15 is 0 Å². The molecule has 610 valence electrons. The monoisotopic (exact) mass is 1980 g/mol. The number of nitrogens with one attached hydrogen (secondary N) is 1. The molecule has 124 heavy (non-hydrogen) atoms. The van der Waals surface area contributed by atoms with Crippen LogP contribution < -0.4 is 29.2 Å². The predicted molar refractivity (Wildman–Crippen MR) is 490 cm³/mol. The molecular formula is C106H87BIrN11O4Pt+2. The molecule has 0 saturated carbocycles. The van der Waals surface area contributed by atoms with Gasteiger partial charge in [-0.3, -0.25) is 14.6 Å². The molecule has 0 amide bonds. The fraction of sp³-hybridized carbons (Fsp3) is 0.0755. The van der Waals surface area contributed by atoms with E-state index in [2.05, 4.69) is 297 Å². The first-order valence-corrected chi connectivity index (χ1v) is 40.7. The van der Waals surface area contributed by atoms with Gasteiger partial charge in [0.15, 0.2) is 50.9 Å². The maximum atomic E-state index is 10.0. The molecule has 4 aliphatic rings. The normalized spacial score (nSPS) is 12.6. The summed E-state index contributed by atoms with van der Waals surface area (Å²) in [5.74, 6) is 4.11. The molecule has 0 atom stereocenters. The quantitative estimate of drug-likeness (QED) is 0.0375. The number of allylic oxidation sites excluding steroid dienone is 6. The van der Waals surface area contributed by atoms with Crippen molar-refractivity contribution in [3.05, 3.63) is 429 Å². The molecule has 0 fully saturated rings. The third-order valence-electron chi connectivity index (χ3n) is 21.5. The molecule has 15 nitrogen and oxygen atoms in total. The van der Waals surface area contributed by atoms with Gasteiger partial charge in [0.05, 0.1) is 50.9 Å². The second kappa shape index (κ2) is 39.0. The Morgan fingerprint density at radius 1 is 0.468 bits per heavy atom. The van der Waals surface area contributed by atoms with Crippen LogP contribution in [0, 0.1) is 12.1 Å². The van der Waals surface area contributed by atoms with Gasteiger partial charge in [-0.15, -0.1) is 77.8 Å². The van der Waals surface area contributed by atoms with Gasteiger partial charge in [0.2, 0.25) is 6.67 Å². The molecule has 0 aliphatic carbocycles. The van der Waals surface area contributed by atoms with Gasteiger partial charge < -0.3 is 25.1 Å². The summed E-state index contributed by atoms with van der Waals surface area (Å²) in [5.41, 5.74) is 26.0. The number of carbonyl (C=O) groups is 2. The number of hydrogen-bond acceptors (Lipinski definition) is 7. The Morgan fingerprint density at radius 2 is 1.01 bits per heavy atom. The molecule has 3 N–H and O–H groups in total. The van der Waals surface area contributed by atoms with Crippen molar-refractivity contribution in [2.45, 2.75) is 54.0 Å². The molecule has 0 saturated heterocycles. The number of pyridine rings is 4. The molecule has 24 rings (SSSR count). The van der Waals surface area contributed by atoms with Crippen molar-refractivity contribution in [2.24, 2.45) is 0 Å². The number of ketones is 2. The minimum Gasteiger partial charge on any atom is -0.512 e. The number of aliphatic hydroxyl groups is 2. The first-order valence-electron chi connectivity index (χ1n) is 40.7. The molecule has 20 aromatic rings.